The van der Waals surface area contributed by atoms with Crippen molar-refractivity contribution in [1.82, 2.24) is 5.43 Å². The second-order valence-electron chi connectivity index (χ2n) is 2.71. The van der Waals surface area contributed by atoms with Gasteiger partial charge in [-0.15, -0.1) is 0 Å². The molecule has 0 aromatic carbocycles. The Kier molecular flexibility index (Phi) is 6.66. The van der Waals surface area contributed by atoms with Gasteiger partial charge >= 0.3 is 0 Å². The molecule has 0 amide bonds. The molecule has 0 radical (unpaired) electrons. The molecule has 0 spiro atoms. The summed E-state index contributed by atoms with van der Waals surface area (Å²) in [5.41, 5.74) is 7.75. The van der Waals surface area contributed by atoms with E-state index in [2.05, 4.69) is 36.6 Å². The average molecular weight is 187 g/mol. The molecule has 12 heavy (non-hydrogen) atoms. The Hall–Kier alpha value is -0.640. The van der Waals surface area contributed by atoms with Crippen LogP contribution in [0.4, 0.5) is 0 Å². The van der Waals surface area contributed by atoms with Crippen LogP contribution in [0.25, 0.3) is 0 Å². The Morgan fingerprint density at radius 2 is 2.33 bits per heavy atom. The zero-order chi connectivity index (χ0) is 9.40. The van der Waals surface area contributed by atoms with E-state index in [-0.39, 0.29) is 5.11 Å². The van der Waals surface area contributed by atoms with Crippen LogP contribution in [-0.2, 0) is 0 Å². The zero-order valence-electron chi connectivity index (χ0n) is 7.71. The lowest BCUT2D eigenvalue weighted by molar-refractivity contribution is 0.602. The van der Waals surface area contributed by atoms with Crippen LogP contribution >= 0.6 is 12.2 Å². The van der Waals surface area contributed by atoms with Crippen molar-refractivity contribution in [2.45, 2.75) is 33.1 Å². The third-order valence-electron chi connectivity index (χ3n) is 1.64. The van der Waals surface area contributed by atoms with Crippen molar-refractivity contribution in [2.24, 2.45) is 16.8 Å². The Balaban J connectivity index is 3.68. The standard InChI is InChI=1S/C8H17N3S/c1-3-5-7(4-2)6-10-11-8(9)12/h6-7H,3-5H2,1-2H3,(H3,9,11,12)/b10-6+. The summed E-state index contributed by atoms with van der Waals surface area (Å²) in [6.07, 6.45) is 5.33. The predicted molar refractivity (Wildman–Crippen MR) is 57.1 cm³/mol. The topological polar surface area (TPSA) is 50.4 Å². The summed E-state index contributed by atoms with van der Waals surface area (Å²) in [4.78, 5) is 0. The minimum Gasteiger partial charge on any atom is -0.375 e. The number of rotatable bonds is 5. The van der Waals surface area contributed by atoms with Crippen LogP contribution in [0.5, 0.6) is 0 Å². The second kappa shape index (κ2) is 7.03. The number of hydrazone groups is 1. The molecule has 0 aromatic heterocycles. The number of nitrogens with one attached hydrogen (secondary N) is 1. The maximum atomic E-state index is 5.20. The minimum absolute atomic E-state index is 0.220. The third kappa shape index (κ3) is 6.09. The Morgan fingerprint density at radius 1 is 1.67 bits per heavy atom. The summed E-state index contributed by atoms with van der Waals surface area (Å²) in [5, 5.41) is 4.14. The normalized spacial score (nSPS) is 13.2. The van der Waals surface area contributed by atoms with Crippen LogP contribution in [-0.4, -0.2) is 11.3 Å². The summed E-state index contributed by atoms with van der Waals surface area (Å²) in [7, 11) is 0. The number of nitrogens with zero attached hydrogens (tertiary/aromatic N) is 1. The first-order valence-electron chi connectivity index (χ1n) is 4.29. The fraction of sp³-hybridized carbons (Fsp3) is 0.750. The summed E-state index contributed by atoms with van der Waals surface area (Å²) in [6.45, 7) is 4.31. The maximum Gasteiger partial charge on any atom is 0.184 e. The Bertz CT molecular complexity index is 156. The lowest BCUT2D eigenvalue weighted by atomic mass is 10.0. The first kappa shape index (κ1) is 11.4. The predicted octanol–water partition coefficient (Wildman–Crippen LogP) is 1.63. The average Bonchev–Trinajstić information content (AvgIpc) is 2.02. The summed E-state index contributed by atoms with van der Waals surface area (Å²) in [6, 6.07) is 0. The van der Waals surface area contributed by atoms with E-state index in [9.17, 15) is 0 Å². The van der Waals surface area contributed by atoms with Crippen molar-refractivity contribution in [3.8, 4) is 0 Å². The fourth-order valence-electron chi connectivity index (χ4n) is 0.961. The lowest BCUT2D eigenvalue weighted by Gasteiger charge is -2.05. The smallest absolute Gasteiger partial charge is 0.184 e. The summed E-state index contributed by atoms with van der Waals surface area (Å²) in [5.74, 6) is 0.539. The van der Waals surface area contributed by atoms with Gasteiger partial charge in [-0.3, -0.25) is 5.43 Å². The number of hydrogen-bond donors (Lipinski definition) is 2. The van der Waals surface area contributed by atoms with Gasteiger partial charge < -0.3 is 5.73 Å². The van der Waals surface area contributed by atoms with Gasteiger partial charge in [-0.25, -0.2) is 0 Å². The van der Waals surface area contributed by atoms with E-state index in [1.807, 2.05) is 6.21 Å². The minimum atomic E-state index is 0.220. The SMILES string of the molecule is CCCC(/C=N/NC(N)=S)CC. The third-order valence-corrected chi connectivity index (χ3v) is 1.74. The van der Waals surface area contributed by atoms with E-state index in [0.29, 0.717) is 5.92 Å². The van der Waals surface area contributed by atoms with E-state index in [0.717, 1.165) is 6.42 Å². The van der Waals surface area contributed by atoms with Gasteiger partial charge in [-0.2, -0.15) is 5.10 Å². The highest BCUT2D eigenvalue weighted by Crippen LogP contribution is 2.06. The molecule has 0 aromatic rings. The molecule has 0 aliphatic heterocycles. The molecule has 3 nitrogen and oxygen atoms in total. The molecule has 3 N–H and O–H groups in total. The van der Waals surface area contributed by atoms with Crippen LogP contribution in [0.3, 0.4) is 0 Å². The van der Waals surface area contributed by atoms with Crippen LogP contribution in [0.1, 0.15) is 33.1 Å². The lowest BCUT2D eigenvalue weighted by Crippen LogP contribution is -2.24. The van der Waals surface area contributed by atoms with Gasteiger partial charge in [0.05, 0.1) is 0 Å². The number of hydrogen-bond acceptors (Lipinski definition) is 2. The highest BCUT2D eigenvalue weighted by atomic mass is 32.1. The van der Waals surface area contributed by atoms with Crippen molar-refractivity contribution in [1.29, 1.82) is 0 Å². The van der Waals surface area contributed by atoms with Crippen molar-refractivity contribution >= 4 is 23.5 Å². The Morgan fingerprint density at radius 3 is 2.75 bits per heavy atom. The quantitative estimate of drug-likeness (QED) is 0.391. The molecule has 0 aliphatic carbocycles. The molecule has 1 unspecified atom stereocenters. The van der Waals surface area contributed by atoms with Crippen LogP contribution in [0.15, 0.2) is 5.10 Å². The highest BCUT2D eigenvalue weighted by molar-refractivity contribution is 7.80. The molecule has 4 heteroatoms. The monoisotopic (exact) mass is 187 g/mol. The summed E-state index contributed by atoms with van der Waals surface area (Å²) < 4.78 is 0. The highest BCUT2D eigenvalue weighted by Gasteiger charge is 1.99. The maximum absolute atomic E-state index is 5.20. The van der Waals surface area contributed by atoms with E-state index in [1.54, 1.807) is 0 Å². The van der Waals surface area contributed by atoms with Crippen LogP contribution in [0, 0.1) is 5.92 Å². The molecule has 1 atom stereocenters. The molecule has 0 bridgehead atoms. The number of nitrogens with two attached hydrogens (primary N) is 1. The van der Waals surface area contributed by atoms with E-state index in [1.165, 1.54) is 12.8 Å². The van der Waals surface area contributed by atoms with Crippen molar-refractivity contribution < 1.29 is 0 Å². The van der Waals surface area contributed by atoms with Gasteiger partial charge in [-0.05, 0) is 31.0 Å². The van der Waals surface area contributed by atoms with Gasteiger partial charge in [0.2, 0.25) is 0 Å². The molecule has 0 saturated heterocycles. The van der Waals surface area contributed by atoms with E-state index < -0.39 is 0 Å². The van der Waals surface area contributed by atoms with Gasteiger partial charge in [0.25, 0.3) is 0 Å². The molecule has 70 valence electrons. The first-order valence-corrected chi connectivity index (χ1v) is 4.70. The first-order chi connectivity index (χ1) is 5.70. The van der Waals surface area contributed by atoms with Crippen molar-refractivity contribution in [2.75, 3.05) is 0 Å². The number of thiocarbonyl (C=S) groups is 1. The van der Waals surface area contributed by atoms with Gasteiger partial charge in [0, 0.05) is 6.21 Å². The van der Waals surface area contributed by atoms with E-state index in [4.69, 9.17) is 5.73 Å². The van der Waals surface area contributed by atoms with Crippen LogP contribution < -0.4 is 11.2 Å². The molecule has 0 saturated carbocycles. The van der Waals surface area contributed by atoms with Crippen molar-refractivity contribution in [3.63, 3.8) is 0 Å². The molecule has 0 heterocycles. The van der Waals surface area contributed by atoms with Gasteiger partial charge in [0.15, 0.2) is 5.11 Å². The van der Waals surface area contributed by atoms with Crippen molar-refractivity contribution in [3.05, 3.63) is 0 Å². The molecular weight excluding hydrogens is 170 g/mol. The molecule has 0 fully saturated rings. The second-order valence-corrected chi connectivity index (χ2v) is 3.15. The Labute approximate surface area is 79.4 Å². The summed E-state index contributed by atoms with van der Waals surface area (Å²) >= 11 is 4.60. The molecule has 0 aliphatic rings. The zero-order valence-corrected chi connectivity index (χ0v) is 8.53. The molecule has 0 rings (SSSR count). The van der Waals surface area contributed by atoms with Crippen LogP contribution in [0.2, 0.25) is 0 Å². The largest absolute Gasteiger partial charge is 0.375 e. The fourth-order valence-corrected chi connectivity index (χ4v) is 1.01. The van der Waals surface area contributed by atoms with E-state index >= 15 is 0 Å². The van der Waals surface area contributed by atoms with Gasteiger partial charge in [-0.1, -0.05) is 20.3 Å². The molecular formula is C8H17N3S. The van der Waals surface area contributed by atoms with Gasteiger partial charge in [0.1, 0.15) is 0 Å².